The van der Waals surface area contributed by atoms with E-state index in [1.807, 2.05) is 0 Å². The largest absolute Gasteiger partial charge is 0.455 e. The Bertz CT molecular complexity index is 4300. The van der Waals surface area contributed by atoms with Crippen LogP contribution in [0.15, 0.2) is 265 Å². The van der Waals surface area contributed by atoms with Gasteiger partial charge in [0.15, 0.2) is 0 Å². The summed E-state index contributed by atoms with van der Waals surface area (Å²) in [6.45, 7) is 0. The lowest BCUT2D eigenvalue weighted by molar-refractivity contribution is 0.670. The molecule has 0 unspecified atom stereocenters. The number of fused-ring (bicyclic) bond motifs is 8. The molecular formula is C68H43NO. The highest BCUT2D eigenvalue weighted by molar-refractivity contribution is 6.22. The van der Waals surface area contributed by atoms with Crippen molar-refractivity contribution in [3.63, 3.8) is 0 Å². The van der Waals surface area contributed by atoms with Gasteiger partial charge < -0.3 is 8.98 Å². The molecule has 0 radical (unpaired) electrons. The number of aromatic nitrogens is 1. The van der Waals surface area contributed by atoms with Gasteiger partial charge in [-0.25, -0.2) is 0 Å². The maximum absolute atomic E-state index is 6.83. The van der Waals surface area contributed by atoms with Crippen LogP contribution in [-0.2, 0) is 0 Å². The van der Waals surface area contributed by atoms with Crippen LogP contribution in [0.3, 0.4) is 0 Å². The lowest BCUT2D eigenvalue weighted by Crippen LogP contribution is -1.94. The summed E-state index contributed by atoms with van der Waals surface area (Å²) in [5.41, 5.74) is 19.4. The van der Waals surface area contributed by atoms with Gasteiger partial charge in [-0.15, -0.1) is 0 Å². The summed E-state index contributed by atoms with van der Waals surface area (Å²) in [5.74, 6) is 0. The van der Waals surface area contributed by atoms with Gasteiger partial charge in [0.25, 0.3) is 0 Å². The molecule has 0 spiro atoms. The highest BCUT2D eigenvalue weighted by atomic mass is 16.3. The zero-order chi connectivity index (χ0) is 46.1. The topological polar surface area (TPSA) is 18.1 Å². The van der Waals surface area contributed by atoms with Crippen LogP contribution in [0.2, 0.25) is 0 Å². The van der Waals surface area contributed by atoms with E-state index < -0.39 is 0 Å². The number of hydrogen-bond donors (Lipinski definition) is 0. The van der Waals surface area contributed by atoms with Crippen LogP contribution in [0.25, 0.3) is 138 Å². The molecule has 0 saturated heterocycles. The quantitative estimate of drug-likeness (QED) is 0.146. The lowest BCUT2D eigenvalue weighted by Gasteiger charge is -2.19. The van der Waals surface area contributed by atoms with Crippen LogP contribution in [0.1, 0.15) is 0 Å². The first-order valence-corrected chi connectivity index (χ1v) is 24.1. The molecule has 2 aromatic heterocycles. The number of benzene rings is 12. The molecule has 2 heterocycles. The van der Waals surface area contributed by atoms with Crippen LogP contribution in [-0.4, -0.2) is 4.57 Å². The van der Waals surface area contributed by atoms with Crippen molar-refractivity contribution in [2.75, 3.05) is 0 Å². The normalized spacial score (nSPS) is 11.7. The first-order chi connectivity index (χ1) is 34.7. The Labute approximate surface area is 405 Å². The fourth-order valence-corrected chi connectivity index (χ4v) is 11.1. The molecule has 70 heavy (non-hydrogen) atoms. The third kappa shape index (κ3) is 6.49. The molecule has 0 N–H and O–H groups in total. The smallest absolute Gasteiger partial charge is 0.143 e. The minimum atomic E-state index is 0.882. The molecule has 2 nitrogen and oxygen atoms in total. The number of rotatable bonds is 7. The molecule has 14 aromatic rings. The summed E-state index contributed by atoms with van der Waals surface area (Å²) >= 11 is 0. The minimum absolute atomic E-state index is 0.882. The van der Waals surface area contributed by atoms with Gasteiger partial charge in [-0.05, 0) is 143 Å². The van der Waals surface area contributed by atoms with Gasteiger partial charge in [-0.2, -0.15) is 0 Å². The van der Waals surface area contributed by atoms with E-state index >= 15 is 0 Å². The van der Waals surface area contributed by atoms with Gasteiger partial charge in [0.05, 0.1) is 11.0 Å². The Balaban J connectivity index is 0.905. The molecule has 2 heteroatoms. The average Bonchev–Trinajstić information content (AvgIpc) is 3.98. The summed E-state index contributed by atoms with van der Waals surface area (Å²) in [4.78, 5) is 0. The van der Waals surface area contributed by atoms with Crippen LogP contribution < -0.4 is 0 Å². The molecule has 0 aliphatic heterocycles. The fourth-order valence-electron chi connectivity index (χ4n) is 11.1. The van der Waals surface area contributed by atoms with Gasteiger partial charge >= 0.3 is 0 Å². The van der Waals surface area contributed by atoms with Crippen molar-refractivity contribution in [2.45, 2.75) is 0 Å². The van der Waals surface area contributed by atoms with Crippen LogP contribution in [0.4, 0.5) is 0 Å². The minimum Gasteiger partial charge on any atom is -0.455 e. The summed E-state index contributed by atoms with van der Waals surface area (Å²) in [6, 6.07) is 94.9. The first-order valence-electron chi connectivity index (χ1n) is 24.1. The number of hydrogen-bond acceptors (Lipinski definition) is 1. The molecule has 0 atom stereocenters. The SMILES string of the molecule is c1ccc(-c2ccc3oc4c(-c5ccc6c(c5)c5ccccc5n6-c5ccc(-c6ccc7c(-c8ccccc8)c8ccccc8c(-c8ccccc8)c7c6)cc5)cc(-c5ccccc5)cc4c3c2)cc1. The average molecular weight is 890 g/mol. The molecule has 12 aromatic carbocycles. The summed E-state index contributed by atoms with van der Waals surface area (Å²) in [5, 5.41) is 9.64. The zero-order valence-corrected chi connectivity index (χ0v) is 38.2. The van der Waals surface area contributed by atoms with E-state index in [9.17, 15) is 0 Å². The maximum atomic E-state index is 6.83. The predicted octanol–water partition coefficient (Wildman–Crippen LogP) is 19.0. The Morgan fingerprint density at radius 3 is 1.34 bits per heavy atom. The molecule has 14 rings (SSSR count). The fraction of sp³-hybridized carbons (Fsp3) is 0. The van der Waals surface area contributed by atoms with Crippen molar-refractivity contribution >= 4 is 65.3 Å². The van der Waals surface area contributed by atoms with Gasteiger partial charge in [-0.3, -0.25) is 0 Å². The first kappa shape index (κ1) is 39.9. The van der Waals surface area contributed by atoms with E-state index in [-0.39, 0.29) is 0 Å². The van der Waals surface area contributed by atoms with Gasteiger partial charge in [0.1, 0.15) is 11.2 Å². The maximum Gasteiger partial charge on any atom is 0.143 e. The van der Waals surface area contributed by atoms with Crippen molar-refractivity contribution in [3.05, 3.63) is 261 Å². The Morgan fingerprint density at radius 2 is 0.686 bits per heavy atom. The van der Waals surface area contributed by atoms with E-state index in [0.717, 1.165) is 49.8 Å². The van der Waals surface area contributed by atoms with E-state index in [1.165, 1.54) is 87.9 Å². The van der Waals surface area contributed by atoms with Gasteiger partial charge in [0.2, 0.25) is 0 Å². The highest BCUT2D eigenvalue weighted by Gasteiger charge is 2.21. The zero-order valence-electron chi connectivity index (χ0n) is 38.2. The number of para-hydroxylation sites is 1. The van der Waals surface area contributed by atoms with Gasteiger partial charge in [-0.1, -0.05) is 200 Å². The molecule has 0 saturated carbocycles. The second kappa shape index (κ2) is 16.2. The molecule has 326 valence electrons. The predicted molar refractivity (Wildman–Crippen MR) is 296 cm³/mol. The third-order valence-corrected chi connectivity index (χ3v) is 14.4. The Morgan fingerprint density at radius 1 is 0.243 bits per heavy atom. The number of furan rings is 1. The van der Waals surface area contributed by atoms with E-state index in [2.05, 4.69) is 265 Å². The summed E-state index contributed by atoms with van der Waals surface area (Å²) in [7, 11) is 0. The second-order valence-corrected chi connectivity index (χ2v) is 18.4. The van der Waals surface area contributed by atoms with Crippen molar-refractivity contribution in [1.82, 2.24) is 4.57 Å². The Kier molecular flexibility index (Phi) is 9.25. The summed E-state index contributed by atoms with van der Waals surface area (Å²) in [6.07, 6.45) is 0. The van der Waals surface area contributed by atoms with E-state index in [4.69, 9.17) is 4.42 Å². The molecular weight excluding hydrogens is 847 g/mol. The highest BCUT2D eigenvalue weighted by Crippen LogP contribution is 2.46. The molecule has 0 aliphatic rings. The number of nitrogens with zero attached hydrogens (tertiary/aromatic N) is 1. The Hall–Kier alpha value is -9.24. The second-order valence-electron chi connectivity index (χ2n) is 18.4. The van der Waals surface area contributed by atoms with E-state index in [1.54, 1.807) is 0 Å². The van der Waals surface area contributed by atoms with Crippen LogP contribution in [0.5, 0.6) is 0 Å². The van der Waals surface area contributed by atoms with Crippen molar-refractivity contribution in [1.29, 1.82) is 0 Å². The molecule has 0 bridgehead atoms. The standard InChI is InChI=1S/C68H43NO/c1-5-17-44(18-6-1)50-33-38-65-60(39-50)62-43-52(45-19-7-2-8-20-45)42-58(68(62)70-65)51-32-37-64-59(41-51)54-25-15-16-28-63(54)69(64)53-34-29-46(30-35-53)49-31-36-57-61(40-49)67(48-23-11-4-12-24-48)56-27-14-13-26-55(56)66(57)47-21-9-3-10-22-47/h1-43H. The molecule has 0 amide bonds. The summed E-state index contributed by atoms with van der Waals surface area (Å²) < 4.78 is 9.24. The third-order valence-electron chi connectivity index (χ3n) is 14.4. The van der Waals surface area contributed by atoms with Crippen molar-refractivity contribution < 1.29 is 4.42 Å². The van der Waals surface area contributed by atoms with Gasteiger partial charge in [0, 0.05) is 32.8 Å². The lowest BCUT2D eigenvalue weighted by atomic mass is 9.85. The van der Waals surface area contributed by atoms with E-state index in [0.29, 0.717) is 0 Å². The van der Waals surface area contributed by atoms with Crippen LogP contribution >= 0.6 is 0 Å². The molecule has 0 fully saturated rings. The van der Waals surface area contributed by atoms with Crippen LogP contribution in [0, 0.1) is 0 Å². The van der Waals surface area contributed by atoms with Crippen molar-refractivity contribution in [3.8, 4) is 72.4 Å². The molecule has 0 aliphatic carbocycles. The van der Waals surface area contributed by atoms with Crippen molar-refractivity contribution in [2.24, 2.45) is 0 Å². The monoisotopic (exact) mass is 889 g/mol.